The maximum atomic E-state index is 12.2. The van der Waals surface area contributed by atoms with E-state index in [-0.39, 0.29) is 23.9 Å². The monoisotopic (exact) mass is 424 g/mol. The minimum absolute atomic E-state index is 0.0432. The van der Waals surface area contributed by atoms with Gasteiger partial charge in [-0.1, -0.05) is 12.1 Å². The van der Waals surface area contributed by atoms with Crippen molar-refractivity contribution in [2.24, 2.45) is 0 Å². The number of piperazine rings is 1. The molecule has 0 aromatic heterocycles. The van der Waals surface area contributed by atoms with Gasteiger partial charge >= 0.3 is 6.36 Å². The van der Waals surface area contributed by atoms with Crippen molar-refractivity contribution >= 4 is 23.0 Å². The fourth-order valence-electron chi connectivity index (χ4n) is 3.18. The zero-order chi connectivity index (χ0) is 21.7. The highest BCUT2D eigenvalue weighted by atomic mass is 19.4. The van der Waals surface area contributed by atoms with Gasteiger partial charge in [-0.05, 0) is 30.3 Å². The van der Waals surface area contributed by atoms with E-state index in [0.717, 1.165) is 12.1 Å². The van der Waals surface area contributed by atoms with Crippen molar-refractivity contribution in [3.8, 4) is 5.75 Å². The number of hydrogen-bond donors (Lipinski definition) is 1. The van der Waals surface area contributed by atoms with Crippen LogP contribution in [0.25, 0.3) is 0 Å². The van der Waals surface area contributed by atoms with Crippen molar-refractivity contribution in [2.45, 2.75) is 6.36 Å². The number of nitrogens with zero attached hydrogens (tertiary/aromatic N) is 3. The number of carbonyl (C=O) groups is 1. The first-order valence-corrected chi connectivity index (χ1v) is 9.08. The van der Waals surface area contributed by atoms with Crippen molar-refractivity contribution in [3.63, 3.8) is 0 Å². The highest BCUT2D eigenvalue weighted by Gasteiger charge is 2.31. The Morgan fingerprint density at radius 2 is 1.70 bits per heavy atom. The van der Waals surface area contributed by atoms with Gasteiger partial charge in [0.25, 0.3) is 5.69 Å². The summed E-state index contributed by atoms with van der Waals surface area (Å²) < 4.78 is 40.3. The van der Waals surface area contributed by atoms with Crippen LogP contribution in [0.2, 0.25) is 0 Å². The summed E-state index contributed by atoms with van der Waals surface area (Å²) in [6.45, 7) is 2.24. The lowest BCUT2D eigenvalue weighted by atomic mass is 10.2. The van der Waals surface area contributed by atoms with Crippen molar-refractivity contribution < 1.29 is 27.6 Å². The maximum Gasteiger partial charge on any atom is 0.573 e. The second-order valence-corrected chi connectivity index (χ2v) is 6.63. The Morgan fingerprint density at radius 1 is 1.07 bits per heavy atom. The standard InChI is InChI=1S/C19H19F3N4O4/c20-19(21,22)30-15-7-5-14(6-8-15)23-18(27)13-24-9-11-25(12-10-24)16-3-1-2-4-17(16)26(28)29/h1-8H,9-13H2,(H,23,27). The molecule has 2 aromatic carbocycles. The number of ether oxygens (including phenoxy) is 1. The largest absolute Gasteiger partial charge is 0.573 e. The minimum Gasteiger partial charge on any atom is -0.406 e. The number of halogens is 3. The molecule has 1 aliphatic heterocycles. The van der Waals surface area contributed by atoms with E-state index in [1.165, 1.54) is 18.2 Å². The quantitative estimate of drug-likeness (QED) is 0.566. The molecule has 0 spiro atoms. The van der Waals surface area contributed by atoms with Crippen LogP contribution in [0.5, 0.6) is 5.75 Å². The van der Waals surface area contributed by atoms with E-state index in [4.69, 9.17) is 0 Å². The van der Waals surface area contributed by atoms with Gasteiger partial charge in [-0.15, -0.1) is 13.2 Å². The number of alkyl halides is 3. The molecule has 0 radical (unpaired) electrons. The van der Waals surface area contributed by atoms with Gasteiger partial charge < -0.3 is 15.0 Å². The molecule has 3 rings (SSSR count). The summed E-state index contributed by atoms with van der Waals surface area (Å²) in [5.74, 6) is -0.676. The zero-order valence-corrected chi connectivity index (χ0v) is 15.8. The molecule has 1 heterocycles. The molecular weight excluding hydrogens is 405 g/mol. The third-order valence-corrected chi connectivity index (χ3v) is 4.53. The Morgan fingerprint density at radius 3 is 2.30 bits per heavy atom. The predicted octanol–water partition coefficient (Wildman–Crippen LogP) is 3.25. The number of carbonyl (C=O) groups excluding carboxylic acids is 1. The van der Waals surface area contributed by atoms with Crippen molar-refractivity contribution in [1.29, 1.82) is 0 Å². The van der Waals surface area contributed by atoms with Gasteiger partial charge in [-0.3, -0.25) is 19.8 Å². The van der Waals surface area contributed by atoms with Crippen LogP contribution in [0.3, 0.4) is 0 Å². The van der Waals surface area contributed by atoms with Gasteiger partial charge in [0.2, 0.25) is 5.91 Å². The lowest BCUT2D eigenvalue weighted by Crippen LogP contribution is -2.48. The molecule has 0 aliphatic carbocycles. The van der Waals surface area contributed by atoms with Crippen molar-refractivity contribution in [3.05, 3.63) is 58.6 Å². The smallest absolute Gasteiger partial charge is 0.406 e. The van der Waals surface area contributed by atoms with Gasteiger partial charge in [-0.25, -0.2) is 0 Å². The Kier molecular flexibility index (Phi) is 6.40. The SMILES string of the molecule is O=C(CN1CCN(c2ccccc2[N+](=O)[O-])CC1)Nc1ccc(OC(F)(F)F)cc1. The maximum absolute atomic E-state index is 12.2. The molecule has 1 N–H and O–H groups in total. The van der Waals surface area contributed by atoms with Crippen LogP contribution in [0.15, 0.2) is 48.5 Å². The van der Waals surface area contributed by atoms with Gasteiger partial charge in [0, 0.05) is 37.9 Å². The first-order chi connectivity index (χ1) is 14.2. The Bertz CT molecular complexity index is 897. The van der Waals surface area contributed by atoms with E-state index in [1.807, 2.05) is 9.80 Å². The van der Waals surface area contributed by atoms with Crippen LogP contribution in [-0.2, 0) is 4.79 Å². The van der Waals surface area contributed by atoms with Gasteiger partial charge in [-0.2, -0.15) is 0 Å². The molecule has 2 aromatic rings. The first kappa shape index (κ1) is 21.4. The zero-order valence-electron chi connectivity index (χ0n) is 15.8. The number of para-hydroxylation sites is 2. The molecule has 1 amide bonds. The van der Waals surface area contributed by atoms with E-state index in [9.17, 15) is 28.1 Å². The van der Waals surface area contributed by atoms with Crippen LogP contribution in [-0.4, -0.2) is 54.8 Å². The second-order valence-electron chi connectivity index (χ2n) is 6.63. The van der Waals surface area contributed by atoms with E-state index in [0.29, 0.717) is 37.6 Å². The van der Waals surface area contributed by atoms with Gasteiger partial charge in [0.05, 0.1) is 11.5 Å². The molecule has 1 saturated heterocycles. The number of amides is 1. The summed E-state index contributed by atoms with van der Waals surface area (Å²) in [7, 11) is 0. The summed E-state index contributed by atoms with van der Waals surface area (Å²) in [5.41, 5.74) is 0.947. The topological polar surface area (TPSA) is 88.0 Å². The third kappa shape index (κ3) is 5.83. The summed E-state index contributed by atoms with van der Waals surface area (Å²) >= 11 is 0. The summed E-state index contributed by atoms with van der Waals surface area (Å²) in [4.78, 5) is 26.8. The number of benzene rings is 2. The van der Waals surface area contributed by atoms with E-state index >= 15 is 0 Å². The van der Waals surface area contributed by atoms with Gasteiger partial charge in [0.1, 0.15) is 11.4 Å². The predicted molar refractivity (Wildman–Crippen MR) is 104 cm³/mol. The normalized spacial score (nSPS) is 15.0. The van der Waals surface area contributed by atoms with E-state index < -0.39 is 11.3 Å². The minimum atomic E-state index is -4.77. The second kappa shape index (κ2) is 8.99. The Balaban J connectivity index is 1.49. The number of nitro groups is 1. The average molecular weight is 424 g/mol. The molecule has 11 heteroatoms. The fourth-order valence-corrected chi connectivity index (χ4v) is 3.18. The summed E-state index contributed by atoms with van der Waals surface area (Å²) in [6, 6.07) is 11.4. The third-order valence-electron chi connectivity index (χ3n) is 4.53. The van der Waals surface area contributed by atoms with Crippen LogP contribution < -0.4 is 15.0 Å². The first-order valence-electron chi connectivity index (χ1n) is 9.08. The molecule has 0 saturated carbocycles. The van der Waals surface area contributed by atoms with Crippen molar-refractivity contribution in [2.75, 3.05) is 42.9 Å². The van der Waals surface area contributed by atoms with E-state index in [1.54, 1.807) is 18.2 Å². The molecule has 8 nitrogen and oxygen atoms in total. The van der Waals surface area contributed by atoms with Crippen LogP contribution in [0.1, 0.15) is 0 Å². The lowest BCUT2D eigenvalue weighted by molar-refractivity contribution is -0.384. The molecule has 1 aliphatic rings. The summed E-state index contributed by atoms with van der Waals surface area (Å²) in [6.07, 6.45) is -4.77. The number of hydrogen-bond acceptors (Lipinski definition) is 6. The molecule has 160 valence electrons. The van der Waals surface area contributed by atoms with Crippen molar-refractivity contribution in [1.82, 2.24) is 4.90 Å². The molecule has 0 atom stereocenters. The molecule has 1 fully saturated rings. The molecule has 0 unspecified atom stereocenters. The van der Waals surface area contributed by atoms with Crippen LogP contribution in [0.4, 0.5) is 30.2 Å². The highest BCUT2D eigenvalue weighted by Crippen LogP contribution is 2.28. The van der Waals surface area contributed by atoms with Gasteiger partial charge in [0.15, 0.2) is 0 Å². The average Bonchev–Trinajstić information content (AvgIpc) is 2.69. The molecule has 30 heavy (non-hydrogen) atoms. The fraction of sp³-hybridized carbons (Fsp3) is 0.316. The number of rotatable bonds is 6. The van der Waals surface area contributed by atoms with E-state index in [2.05, 4.69) is 10.1 Å². The Labute approximate surface area is 170 Å². The Hall–Kier alpha value is -3.34. The number of anilines is 2. The highest BCUT2D eigenvalue weighted by molar-refractivity contribution is 5.92. The van der Waals surface area contributed by atoms with Crippen LogP contribution in [0, 0.1) is 10.1 Å². The molecular formula is C19H19F3N4O4. The number of nitro benzene ring substituents is 1. The van der Waals surface area contributed by atoms with Crippen LogP contribution >= 0.6 is 0 Å². The molecule has 0 bridgehead atoms. The summed E-state index contributed by atoms with van der Waals surface area (Å²) in [5, 5.41) is 13.8. The number of nitrogens with one attached hydrogen (secondary N) is 1. The lowest BCUT2D eigenvalue weighted by Gasteiger charge is -2.35.